The second-order valence-electron chi connectivity index (χ2n) is 7.96. The van der Waals surface area contributed by atoms with Crippen LogP contribution in [0, 0.1) is 0 Å². The predicted molar refractivity (Wildman–Crippen MR) is 131 cm³/mol. The smallest absolute Gasteiger partial charge is 0.231 e. The second kappa shape index (κ2) is 9.44. The Hall–Kier alpha value is -3.05. The third-order valence-corrected chi connectivity index (χ3v) is 6.32. The van der Waals surface area contributed by atoms with Gasteiger partial charge in [0.05, 0.1) is 11.1 Å². The van der Waals surface area contributed by atoms with Crippen molar-refractivity contribution in [1.82, 2.24) is 4.90 Å². The minimum absolute atomic E-state index is 0.115. The van der Waals surface area contributed by atoms with Gasteiger partial charge in [-0.25, -0.2) is 0 Å². The van der Waals surface area contributed by atoms with Gasteiger partial charge in [-0.1, -0.05) is 71.8 Å². The maximum absolute atomic E-state index is 12.9. The molecule has 5 rings (SSSR count). The van der Waals surface area contributed by atoms with Crippen molar-refractivity contribution in [1.29, 1.82) is 0 Å². The van der Waals surface area contributed by atoms with E-state index in [2.05, 4.69) is 4.90 Å². The topological polar surface area (TPSA) is 38.8 Å². The quantitative estimate of drug-likeness (QED) is 0.390. The molecule has 0 fully saturated rings. The zero-order valence-electron chi connectivity index (χ0n) is 17.8. The van der Waals surface area contributed by atoms with Crippen LogP contribution >= 0.6 is 23.2 Å². The van der Waals surface area contributed by atoms with E-state index in [1.807, 2.05) is 60.7 Å². The van der Waals surface area contributed by atoms with Crippen LogP contribution in [0.25, 0.3) is 6.08 Å². The maximum Gasteiger partial charge on any atom is 0.231 e. The van der Waals surface area contributed by atoms with Gasteiger partial charge in [-0.3, -0.25) is 9.69 Å². The van der Waals surface area contributed by atoms with Crippen LogP contribution in [-0.2, 0) is 13.0 Å². The molecule has 3 aromatic rings. The number of ether oxygens (including phenoxy) is 2. The first-order chi connectivity index (χ1) is 16.1. The van der Waals surface area contributed by atoms with Crippen molar-refractivity contribution < 1.29 is 14.3 Å². The highest BCUT2D eigenvalue weighted by Crippen LogP contribution is 2.41. The van der Waals surface area contributed by atoms with E-state index in [1.54, 1.807) is 18.2 Å². The number of benzene rings is 3. The van der Waals surface area contributed by atoms with E-state index in [0.29, 0.717) is 40.4 Å². The summed E-state index contributed by atoms with van der Waals surface area (Å²) < 4.78 is 12.0. The summed E-state index contributed by atoms with van der Waals surface area (Å²) in [5.74, 6) is 1.54. The zero-order chi connectivity index (χ0) is 22.8. The first kappa shape index (κ1) is 21.8. The molecule has 0 aliphatic carbocycles. The third-order valence-electron chi connectivity index (χ3n) is 5.73. The fourth-order valence-corrected chi connectivity index (χ4v) is 4.48. The molecular formula is C27H21Cl2NO3. The monoisotopic (exact) mass is 477 g/mol. The summed E-state index contributed by atoms with van der Waals surface area (Å²) in [6.07, 6.45) is 6.25. The maximum atomic E-state index is 12.9. The lowest BCUT2D eigenvalue weighted by molar-refractivity contribution is 0.0949. The van der Waals surface area contributed by atoms with Gasteiger partial charge in [-0.05, 0) is 47.9 Å². The van der Waals surface area contributed by atoms with Crippen molar-refractivity contribution in [3.63, 3.8) is 0 Å². The summed E-state index contributed by atoms with van der Waals surface area (Å²) in [5.41, 5.74) is 3.55. The van der Waals surface area contributed by atoms with Crippen molar-refractivity contribution in [3.8, 4) is 11.5 Å². The molecule has 0 radical (unpaired) electrons. The molecule has 0 aromatic heterocycles. The Morgan fingerprint density at radius 1 is 1.03 bits per heavy atom. The summed E-state index contributed by atoms with van der Waals surface area (Å²) in [5, 5.41) is 1.29. The molecule has 33 heavy (non-hydrogen) atoms. The molecule has 6 heteroatoms. The number of ketones is 1. The van der Waals surface area contributed by atoms with E-state index in [-0.39, 0.29) is 5.78 Å². The van der Waals surface area contributed by atoms with E-state index < -0.39 is 0 Å². The van der Waals surface area contributed by atoms with E-state index in [0.717, 1.165) is 35.4 Å². The van der Waals surface area contributed by atoms with Gasteiger partial charge in [-0.15, -0.1) is 0 Å². The van der Waals surface area contributed by atoms with Gasteiger partial charge in [0.2, 0.25) is 5.78 Å². The van der Waals surface area contributed by atoms with E-state index in [4.69, 9.17) is 32.7 Å². The Morgan fingerprint density at radius 3 is 2.70 bits per heavy atom. The lowest BCUT2D eigenvalue weighted by atomic mass is 10.0. The molecular weight excluding hydrogens is 457 g/mol. The summed E-state index contributed by atoms with van der Waals surface area (Å²) in [4.78, 5) is 15.0. The van der Waals surface area contributed by atoms with Crippen LogP contribution in [0.15, 0.2) is 78.6 Å². The first-order valence-corrected chi connectivity index (χ1v) is 11.4. The molecule has 2 heterocycles. The molecule has 0 amide bonds. The van der Waals surface area contributed by atoms with Gasteiger partial charge in [0.15, 0.2) is 5.76 Å². The Balaban J connectivity index is 1.31. The minimum atomic E-state index is -0.115. The number of hydrogen-bond acceptors (Lipinski definition) is 4. The summed E-state index contributed by atoms with van der Waals surface area (Å²) in [7, 11) is 0. The predicted octanol–water partition coefficient (Wildman–Crippen LogP) is 6.56. The molecule has 166 valence electrons. The fraction of sp³-hybridized carbons (Fsp3) is 0.148. The Labute approximate surface area is 202 Å². The molecule has 2 aliphatic heterocycles. The summed E-state index contributed by atoms with van der Waals surface area (Å²) in [6, 6.07) is 19.1. The molecule has 2 aliphatic rings. The number of rotatable bonds is 5. The third kappa shape index (κ3) is 4.69. The van der Waals surface area contributed by atoms with E-state index >= 15 is 0 Å². The first-order valence-electron chi connectivity index (χ1n) is 10.7. The Kier molecular flexibility index (Phi) is 6.23. The number of allylic oxidation sites excluding steroid dienone is 3. The molecule has 0 bridgehead atoms. The van der Waals surface area contributed by atoms with Crippen LogP contribution in [0.4, 0.5) is 0 Å². The SMILES string of the molecule is O=C1/C(=C/C=C/c2ccccc2)Oc2c1ccc1c2CN(CCc2ccc(Cl)cc2Cl)CO1. The largest absolute Gasteiger partial charge is 0.478 e. The molecule has 0 spiro atoms. The van der Waals surface area contributed by atoms with Crippen molar-refractivity contribution in [2.45, 2.75) is 13.0 Å². The Bertz CT molecular complexity index is 1270. The van der Waals surface area contributed by atoms with Crippen molar-refractivity contribution in [2.75, 3.05) is 13.3 Å². The lowest BCUT2D eigenvalue weighted by Crippen LogP contribution is -2.33. The minimum Gasteiger partial charge on any atom is -0.478 e. The van der Waals surface area contributed by atoms with Crippen molar-refractivity contribution in [3.05, 3.63) is 111 Å². The van der Waals surface area contributed by atoms with Crippen molar-refractivity contribution in [2.24, 2.45) is 0 Å². The highest BCUT2D eigenvalue weighted by Gasteiger charge is 2.33. The molecule has 0 unspecified atom stereocenters. The van der Waals surface area contributed by atoms with Gasteiger partial charge in [0.25, 0.3) is 0 Å². The number of halogens is 2. The highest BCUT2D eigenvalue weighted by molar-refractivity contribution is 6.35. The van der Waals surface area contributed by atoms with Crippen LogP contribution in [0.2, 0.25) is 10.0 Å². The van der Waals surface area contributed by atoms with Crippen LogP contribution in [-0.4, -0.2) is 24.0 Å². The van der Waals surface area contributed by atoms with Gasteiger partial charge >= 0.3 is 0 Å². The van der Waals surface area contributed by atoms with Crippen LogP contribution in [0.1, 0.15) is 27.0 Å². The Morgan fingerprint density at radius 2 is 1.88 bits per heavy atom. The molecule has 3 aromatic carbocycles. The molecule has 0 atom stereocenters. The van der Waals surface area contributed by atoms with Crippen LogP contribution in [0.5, 0.6) is 11.5 Å². The van der Waals surface area contributed by atoms with Crippen LogP contribution in [0.3, 0.4) is 0 Å². The summed E-state index contributed by atoms with van der Waals surface area (Å²) >= 11 is 12.3. The van der Waals surface area contributed by atoms with Gasteiger partial charge in [0.1, 0.15) is 18.2 Å². The summed E-state index contributed by atoms with van der Waals surface area (Å²) in [6.45, 7) is 1.85. The number of hydrogen-bond donors (Lipinski definition) is 0. The van der Waals surface area contributed by atoms with Gasteiger partial charge in [-0.2, -0.15) is 0 Å². The standard InChI is InChI=1S/C27H21Cl2NO3/c28-20-10-9-19(23(29)15-20)13-14-30-16-22-24(32-17-30)12-11-21-26(31)25(33-27(21)22)8-4-7-18-5-2-1-3-6-18/h1-12,15H,13-14,16-17H2/b7-4+,25-8-. The van der Waals surface area contributed by atoms with E-state index in [1.165, 1.54) is 0 Å². The van der Waals surface area contributed by atoms with Crippen LogP contribution < -0.4 is 9.47 Å². The molecule has 0 saturated carbocycles. The average molecular weight is 478 g/mol. The number of nitrogens with zero attached hydrogens (tertiary/aromatic N) is 1. The fourth-order valence-electron chi connectivity index (χ4n) is 3.98. The van der Waals surface area contributed by atoms with Crippen molar-refractivity contribution >= 4 is 35.1 Å². The lowest BCUT2D eigenvalue weighted by Gasteiger charge is -2.29. The molecule has 0 saturated heterocycles. The number of fused-ring (bicyclic) bond motifs is 3. The molecule has 4 nitrogen and oxygen atoms in total. The normalized spacial score (nSPS) is 16.5. The average Bonchev–Trinajstić information content (AvgIpc) is 3.15. The second-order valence-corrected chi connectivity index (χ2v) is 8.81. The molecule has 0 N–H and O–H groups in total. The zero-order valence-corrected chi connectivity index (χ0v) is 19.3. The van der Waals surface area contributed by atoms with Gasteiger partial charge < -0.3 is 9.47 Å². The number of carbonyl (C=O) groups is 1. The highest BCUT2D eigenvalue weighted by atomic mass is 35.5. The number of carbonyl (C=O) groups excluding carboxylic acids is 1. The van der Waals surface area contributed by atoms with E-state index in [9.17, 15) is 4.79 Å². The number of Topliss-reactive ketones (excluding diaryl/α,β-unsaturated/α-hetero) is 1. The van der Waals surface area contributed by atoms with Gasteiger partial charge in [0, 0.05) is 23.1 Å².